The van der Waals surface area contributed by atoms with E-state index in [1.54, 1.807) is 36.4 Å². The molecule has 0 saturated carbocycles. The molecule has 0 aromatic heterocycles. The molecule has 2 amide bonds. The molecule has 6 heteroatoms. The number of para-hydroxylation sites is 1. The first-order valence-corrected chi connectivity index (χ1v) is 12.9. The largest absolute Gasteiger partial charge is 0.274 e. The van der Waals surface area contributed by atoms with Crippen LogP contribution in [-0.4, -0.2) is 18.0 Å². The van der Waals surface area contributed by atoms with Crippen molar-refractivity contribution < 1.29 is 9.59 Å². The maximum atomic E-state index is 14.4. The van der Waals surface area contributed by atoms with Crippen LogP contribution in [-0.2, 0) is 15.0 Å². The third-order valence-electron chi connectivity index (χ3n) is 8.01. The molecule has 0 radical (unpaired) electrons. The molecule has 4 aromatic carbocycles. The SMILES string of the molecule is O=C1[C@H]2[C@H]3c4ccc(cc4)[C@@](C=Nc4cccc(Cl)c4)(c4ccccc43)[C@@H]2C(=O)N1c1ccccc1Cl. The van der Waals surface area contributed by atoms with Crippen molar-refractivity contribution in [1.82, 2.24) is 0 Å². The number of imide groups is 1. The maximum absolute atomic E-state index is 14.4. The monoisotopic (exact) mass is 522 g/mol. The van der Waals surface area contributed by atoms with Gasteiger partial charge in [-0.15, -0.1) is 0 Å². The summed E-state index contributed by atoms with van der Waals surface area (Å²) >= 11 is 12.8. The second kappa shape index (κ2) is 8.14. The van der Waals surface area contributed by atoms with Crippen molar-refractivity contribution in [2.75, 3.05) is 4.90 Å². The Kier molecular flexibility index (Phi) is 4.94. The van der Waals surface area contributed by atoms with Crippen LogP contribution in [0.1, 0.15) is 28.2 Å². The Morgan fingerprint density at radius 3 is 2.35 bits per heavy atom. The molecule has 0 spiro atoms. The van der Waals surface area contributed by atoms with Crippen LogP contribution < -0.4 is 4.90 Å². The van der Waals surface area contributed by atoms with E-state index in [9.17, 15) is 9.59 Å². The van der Waals surface area contributed by atoms with Gasteiger partial charge in [0.1, 0.15) is 0 Å². The molecule has 1 aliphatic heterocycles. The molecule has 4 nitrogen and oxygen atoms in total. The standard InChI is InChI=1S/C31H20Cl2N2O2/c32-20-6-5-7-21(16-20)34-17-31-19-14-12-18(13-15-19)26(22-8-1-2-9-23(22)31)27-28(31)30(37)35(29(27)36)25-11-4-3-10-24(25)33/h1-17,26-28H/t26-,27-,28-,31-/m0/s1. The molecular weight excluding hydrogens is 503 g/mol. The van der Waals surface area contributed by atoms with E-state index in [0.717, 1.165) is 22.3 Å². The summed E-state index contributed by atoms with van der Waals surface area (Å²) in [5, 5.41) is 0.942. The number of hydrogen-bond acceptors (Lipinski definition) is 3. The van der Waals surface area contributed by atoms with Crippen molar-refractivity contribution in [2.24, 2.45) is 16.8 Å². The van der Waals surface area contributed by atoms with Gasteiger partial charge in [-0.05, 0) is 52.6 Å². The minimum atomic E-state index is -0.957. The molecule has 1 heterocycles. The van der Waals surface area contributed by atoms with Crippen molar-refractivity contribution in [2.45, 2.75) is 11.3 Å². The van der Waals surface area contributed by atoms with Gasteiger partial charge in [-0.1, -0.05) is 89.9 Å². The number of carbonyl (C=O) groups is 2. The van der Waals surface area contributed by atoms with Crippen LogP contribution in [0, 0.1) is 11.8 Å². The first-order chi connectivity index (χ1) is 18.0. The molecule has 6 aliphatic rings. The zero-order valence-electron chi connectivity index (χ0n) is 19.5. The minimum Gasteiger partial charge on any atom is -0.274 e. The molecule has 0 unspecified atom stereocenters. The molecule has 180 valence electrons. The summed E-state index contributed by atoms with van der Waals surface area (Å²) in [6.45, 7) is 0. The highest BCUT2D eigenvalue weighted by atomic mass is 35.5. The normalized spacial score (nSPS) is 25.4. The molecule has 5 aliphatic carbocycles. The number of benzene rings is 4. The van der Waals surface area contributed by atoms with Gasteiger partial charge < -0.3 is 0 Å². The summed E-state index contributed by atoms with van der Waals surface area (Å²) in [6, 6.07) is 30.7. The van der Waals surface area contributed by atoms with Gasteiger partial charge in [0.2, 0.25) is 11.8 Å². The zero-order valence-corrected chi connectivity index (χ0v) is 21.0. The van der Waals surface area contributed by atoms with Crippen molar-refractivity contribution in [3.63, 3.8) is 0 Å². The lowest BCUT2D eigenvalue weighted by Crippen LogP contribution is -2.51. The average molecular weight is 523 g/mol. The van der Waals surface area contributed by atoms with Gasteiger partial charge >= 0.3 is 0 Å². The number of rotatable bonds is 3. The number of anilines is 1. The van der Waals surface area contributed by atoms with E-state index in [-0.39, 0.29) is 17.7 Å². The Balaban J connectivity index is 1.53. The molecule has 0 N–H and O–H groups in total. The zero-order chi connectivity index (χ0) is 25.3. The smallest absolute Gasteiger partial charge is 0.239 e. The highest BCUT2D eigenvalue weighted by molar-refractivity contribution is 6.36. The number of hydrogen-bond donors (Lipinski definition) is 0. The highest BCUT2D eigenvalue weighted by Crippen LogP contribution is 2.60. The lowest BCUT2D eigenvalue weighted by molar-refractivity contribution is -0.122. The third-order valence-corrected chi connectivity index (χ3v) is 8.56. The van der Waals surface area contributed by atoms with Gasteiger partial charge in [-0.3, -0.25) is 14.6 Å². The van der Waals surface area contributed by atoms with E-state index < -0.39 is 17.3 Å². The first-order valence-electron chi connectivity index (χ1n) is 12.1. The van der Waals surface area contributed by atoms with Crippen LogP contribution in [0.15, 0.2) is 102 Å². The lowest BCUT2D eigenvalue weighted by Gasteiger charge is -2.48. The molecule has 1 saturated heterocycles. The maximum Gasteiger partial charge on any atom is 0.239 e. The van der Waals surface area contributed by atoms with Crippen LogP contribution in [0.25, 0.3) is 0 Å². The van der Waals surface area contributed by atoms with Gasteiger partial charge in [-0.25, -0.2) is 4.90 Å². The van der Waals surface area contributed by atoms with Crippen molar-refractivity contribution in [3.8, 4) is 0 Å². The van der Waals surface area contributed by atoms with Crippen molar-refractivity contribution >= 4 is 52.6 Å². The Bertz CT molecular complexity index is 1630. The third kappa shape index (κ3) is 3.06. The quantitative estimate of drug-likeness (QED) is 0.216. The van der Waals surface area contributed by atoms with E-state index in [2.05, 4.69) is 36.4 Å². The minimum absolute atomic E-state index is 0.231. The Morgan fingerprint density at radius 2 is 1.57 bits per heavy atom. The topological polar surface area (TPSA) is 49.7 Å². The summed E-state index contributed by atoms with van der Waals surface area (Å²) in [5.74, 6) is -2.02. The van der Waals surface area contributed by atoms with E-state index in [0.29, 0.717) is 21.4 Å². The summed E-state index contributed by atoms with van der Waals surface area (Å²) < 4.78 is 0. The van der Waals surface area contributed by atoms with Crippen LogP contribution in [0.3, 0.4) is 0 Å². The fourth-order valence-corrected chi connectivity index (χ4v) is 6.93. The van der Waals surface area contributed by atoms with Gasteiger partial charge in [0.15, 0.2) is 0 Å². The molecule has 37 heavy (non-hydrogen) atoms. The molecule has 4 bridgehead atoms. The average Bonchev–Trinajstić information content (AvgIpc) is 3.15. The predicted octanol–water partition coefficient (Wildman–Crippen LogP) is 6.95. The number of aliphatic imine (C=N–C) groups is 1. The van der Waals surface area contributed by atoms with Crippen molar-refractivity contribution in [3.05, 3.63) is 129 Å². The van der Waals surface area contributed by atoms with Crippen LogP contribution in [0.2, 0.25) is 10.0 Å². The van der Waals surface area contributed by atoms with Gasteiger partial charge in [-0.2, -0.15) is 0 Å². The van der Waals surface area contributed by atoms with Gasteiger partial charge in [0.25, 0.3) is 0 Å². The number of halogens is 2. The summed E-state index contributed by atoms with van der Waals surface area (Å²) in [4.78, 5) is 34.8. The molecule has 10 rings (SSSR count). The number of amides is 2. The van der Waals surface area contributed by atoms with Crippen molar-refractivity contribution in [1.29, 1.82) is 0 Å². The first kappa shape index (κ1) is 22.5. The van der Waals surface area contributed by atoms with Crippen LogP contribution >= 0.6 is 23.2 Å². The molecule has 4 atom stereocenters. The van der Waals surface area contributed by atoms with Crippen LogP contribution in [0.4, 0.5) is 11.4 Å². The van der Waals surface area contributed by atoms with E-state index in [1.165, 1.54) is 4.90 Å². The number of nitrogens with zero attached hydrogens (tertiary/aromatic N) is 2. The second-order valence-electron chi connectivity index (χ2n) is 9.76. The van der Waals surface area contributed by atoms with Crippen LogP contribution in [0.5, 0.6) is 0 Å². The molecular formula is C31H20Cl2N2O2. The Morgan fingerprint density at radius 1 is 0.811 bits per heavy atom. The van der Waals surface area contributed by atoms with E-state index in [4.69, 9.17) is 28.2 Å². The summed E-state index contributed by atoms with van der Waals surface area (Å²) in [6.07, 6.45) is 1.85. The molecule has 1 fully saturated rings. The fourth-order valence-electron chi connectivity index (χ4n) is 6.53. The summed E-state index contributed by atoms with van der Waals surface area (Å²) in [7, 11) is 0. The Hall–Kier alpha value is -3.73. The number of carbonyl (C=O) groups excluding carboxylic acids is 2. The van der Waals surface area contributed by atoms with E-state index >= 15 is 0 Å². The Labute approximate surface area is 224 Å². The second-order valence-corrected chi connectivity index (χ2v) is 10.6. The highest BCUT2D eigenvalue weighted by Gasteiger charge is 2.65. The predicted molar refractivity (Wildman–Crippen MR) is 146 cm³/mol. The fraction of sp³-hybridized carbons (Fsp3) is 0.129. The lowest BCUT2D eigenvalue weighted by atomic mass is 9.52. The van der Waals surface area contributed by atoms with Gasteiger partial charge in [0, 0.05) is 17.2 Å². The van der Waals surface area contributed by atoms with Gasteiger partial charge in [0.05, 0.1) is 33.6 Å². The summed E-state index contributed by atoms with van der Waals surface area (Å²) in [5.41, 5.74) is 4.12. The molecule has 4 aromatic rings. The van der Waals surface area contributed by atoms with E-state index in [1.807, 2.05) is 30.5 Å².